The van der Waals surface area contributed by atoms with Crippen LogP contribution in [0.2, 0.25) is 0 Å². The Kier molecular flexibility index (Phi) is 6.83. The molecule has 6 heteroatoms. The number of rotatable bonds is 7. The fourth-order valence-corrected chi connectivity index (χ4v) is 3.94. The molecule has 1 amide bonds. The van der Waals surface area contributed by atoms with Gasteiger partial charge in [0, 0.05) is 26.6 Å². The minimum Gasteiger partial charge on any atom is -0.334 e. The van der Waals surface area contributed by atoms with E-state index in [1.54, 1.807) is 12.1 Å². The zero-order valence-electron chi connectivity index (χ0n) is 17.2. The van der Waals surface area contributed by atoms with Crippen LogP contribution in [0.3, 0.4) is 0 Å². The molecule has 1 fully saturated rings. The minimum atomic E-state index is -0.222. The van der Waals surface area contributed by atoms with E-state index in [9.17, 15) is 9.18 Å². The standard InChI is InChI=1S/C22H31FN4O/c1-25(2)16-19-15-20(24-26(19)3)21-8-4-5-14-27(21)22(28)9-6-7-17-10-12-18(23)13-11-17/h10-13,15,21H,4-9,14,16H2,1-3H3/t21-/m0/s1. The molecule has 2 aromatic rings. The van der Waals surface area contributed by atoms with E-state index in [-0.39, 0.29) is 17.8 Å². The van der Waals surface area contributed by atoms with Gasteiger partial charge in [0.1, 0.15) is 5.82 Å². The topological polar surface area (TPSA) is 41.4 Å². The molecular formula is C22H31FN4O. The molecule has 0 radical (unpaired) electrons. The molecule has 0 saturated carbocycles. The molecule has 0 N–H and O–H groups in total. The second-order valence-corrected chi connectivity index (χ2v) is 8.00. The average molecular weight is 387 g/mol. The summed E-state index contributed by atoms with van der Waals surface area (Å²) in [5.41, 5.74) is 3.24. The van der Waals surface area contributed by atoms with Gasteiger partial charge in [-0.05, 0) is 70.0 Å². The second kappa shape index (κ2) is 9.32. The number of amides is 1. The Morgan fingerprint density at radius 3 is 2.71 bits per heavy atom. The zero-order valence-corrected chi connectivity index (χ0v) is 17.2. The molecule has 0 unspecified atom stereocenters. The number of carbonyl (C=O) groups is 1. The lowest BCUT2D eigenvalue weighted by molar-refractivity contribution is -0.135. The quantitative estimate of drug-likeness (QED) is 0.729. The molecule has 0 bridgehead atoms. The zero-order chi connectivity index (χ0) is 20.1. The maximum absolute atomic E-state index is 13.0. The largest absolute Gasteiger partial charge is 0.334 e. The summed E-state index contributed by atoms with van der Waals surface area (Å²) in [7, 11) is 6.06. The fraction of sp³-hybridized carbons (Fsp3) is 0.545. The molecule has 1 aliphatic heterocycles. The lowest BCUT2D eigenvalue weighted by Crippen LogP contribution is -2.38. The molecule has 1 aromatic carbocycles. The SMILES string of the molecule is CN(C)Cc1cc([C@@H]2CCCCN2C(=O)CCCc2ccc(F)cc2)nn1C. The molecule has 0 spiro atoms. The van der Waals surface area contributed by atoms with Crippen LogP contribution in [0, 0.1) is 5.82 Å². The van der Waals surface area contributed by atoms with Crippen LogP contribution in [0.4, 0.5) is 4.39 Å². The molecule has 1 aliphatic rings. The highest BCUT2D eigenvalue weighted by atomic mass is 19.1. The molecule has 2 heterocycles. The van der Waals surface area contributed by atoms with Gasteiger partial charge in [-0.2, -0.15) is 5.10 Å². The molecular weight excluding hydrogens is 355 g/mol. The van der Waals surface area contributed by atoms with Crippen LogP contribution in [0.5, 0.6) is 0 Å². The smallest absolute Gasteiger partial charge is 0.223 e. The number of piperidine rings is 1. The van der Waals surface area contributed by atoms with Gasteiger partial charge < -0.3 is 9.80 Å². The van der Waals surface area contributed by atoms with Crippen molar-refractivity contribution in [3.63, 3.8) is 0 Å². The number of likely N-dealkylation sites (tertiary alicyclic amines) is 1. The summed E-state index contributed by atoms with van der Waals surface area (Å²) in [4.78, 5) is 17.1. The normalized spacial score (nSPS) is 17.3. The van der Waals surface area contributed by atoms with Crippen LogP contribution in [0.1, 0.15) is 55.1 Å². The highest BCUT2D eigenvalue weighted by Crippen LogP contribution is 2.31. The van der Waals surface area contributed by atoms with Crippen LogP contribution in [-0.4, -0.2) is 46.1 Å². The molecule has 0 aliphatic carbocycles. The van der Waals surface area contributed by atoms with E-state index in [0.29, 0.717) is 6.42 Å². The third-order valence-corrected chi connectivity index (χ3v) is 5.41. The van der Waals surface area contributed by atoms with E-state index in [2.05, 4.69) is 11.0 Å². The van der Waals surface area contributed by atoms with Crippen LogP contribution < -0.4 is 0 Å². The molecule has 5 nitrogen and oxygen atoms in total. The summed E-state index contributed by atoms with van der Waals surface area (Å²) in [6.07, 6.45) is 5.25. The van der Waals surface area contributed by atoms with E-state index in [0.717, 1.165) is 62.1 Å². The predicted octanol–water partition coefficient (Wildman–Crippen LogP) is 3.70. The van der Waals surface area contributed by atoms with E-state index in [1.165, 1.54) is 12.1 Å². The first-order valence-electron chi connectivity index (χ1n) is 10.2. The van der Waals surface area contributed by atoms with Crippen molar-refractivity contribution in [3.8, 4) is 0 Å². The predicted molar refractivity (Wildman–Crippen MR) is 108 cm³/mol. The molecule has 3 rings (SSSR count). The van der Waals surface area contributed by atoms with Crippen LogP contribution in [0.15, 0.2) is 30.3 Å². The van der Waals surface area contributed by atoms with Gasteiger partial charge in [-0.3, -0.25) is 9.48 Å². The summed E-state index contributed by atoms with van der Waals surface area (Å²) in [6, 6.07) is 8.77. The number of halogens is 1. The van der Waals surface area contributed by atoms with Gasteiger partial charge >= 0.3 is 0 Å². The monoisotopic (exact) mass is 386 g/mol. The Morgan fingerprint density at radius 1 is 1.25 bits per heavy atom. The van der Waals surface area contributed by atoms with Gasteiger partial charge in [0.15, 0.2) is 0 Å². The Hall–Kier alpha value is -2.21. The summed E-state index contributed by atoms with van der Waals surface area (Å²) < 4.78 is 14.9. The first-order chi connectivity index (χ1) is 13.4. The number of hydrogen-bond acceptors (Lipinski definition) is 3. The number of carbonyl (C=O) groups excluding carboxylic acids is 1. The van der Waals surface area contributed by atoms with Crippen LogP contribution in [-0.2, 0) is 24.8 Å². The van der Waals surface area contributed by atoms with Crippen LogP contribution in [0.25, 0.3) is 0 Å². The average Bonchev–Trinajstić information content (AvgIpc) is 3.03. The maximum Gasteiger partial charge on any atom is 0.223 e. The summed E-state index contributed by atoms with van der Waals surface area (Å²) in [5.74, 6) is -0.0217. The van der Waals surface area contributed by atoms with E-state index >= 15 is 0 Å². The van der Waals surface area contributed by atoms with E-state index < -0.39 is 0 Å². The lowest BCUT2D eigenvalue weighted by atomic mass is 9.98. The van der Waals surface area contributed by atoms with Crippen molar-refractivity contribution in [2.24, 2.45) is 7.05 Å². The number of hydrogen-bond donors (Lipinski definition) is 0. The van der Waals surface area contributed by atoms with Crippen molar-refractivity contribution in [1.29, 1.82) is 0 Å². The minimum absolute atomic E-state index is 0.0779. The van der Waals surface area contributed by atoms with Crippen molar-refractivity contribution in [3.05, 3.63) is 53.1 Å². The molecule has 152 valence electrons. The Morgan fingerprint density at radius 2 is 2.00 bits per heavy atom. The van der Waals surface area contributed by atoms with Crippen molar-refractivity contribution in [2.45, 2.75) is 51.1 Å². The number of benzene rings is 1. The third kappa shape index (κ3) is 5.19. The number of nitrogens with zero attached hydrogens (tertiary/aromatic N) is 4. The highest BCUT2D eigenvalue weighted by Gasteiger charge is 2.29. The molecule has 1 aromatic heterocycles. The first-order valence-corrected chi connectivity index (χ1v) is 10.2. The second-order valence-electron chi connectivity index (χ2n) is 8.00. The molecule has 28 heavy (non-hydrogen) atoms. The van der Waals surface area contributed by atoms with Crippen molar-refractivity contribution in [1.82, 2.24) is 19.6 Å². The molecule has 1 saturated heterocycles. The Balaban J connectivity index is 1.62. The summed E-state index contributed by atoms with van der Waals surface area (Å²) in [5, 5.41) is 4.72. The van der Waals surface area contributed by atoms with Gasteiger partial charge in [-0.25, -0.2) is 4.39 Å². The Bertz CT molecular complexity index is 784. The van der Waals surface area contributed by atoms with Crippen molar-refractivity contribution >= 4 is 5.91 Å². The fourth-order valence-electron chi connectivity index (χ4n) is 3.94. The number of aryl methyl sites for hydroxylation is 2. The van der Waals surface area contributed by atoms with Gasteiger partial charge in [0.2, 0.25) is 5.91 Å². The third-order valence-electron chi connectivity index (χ3n) is 5.41. The van der Waals surface area contributed by atoms with Gasteiger partial charge in [-0.15, -0.1) is 0 Å². The highest BCUT2D eigenvalue weighted by molar-refractivity contribution is 5.76. The Labute approximate surface area is 167 Å². The van der Waals surface area contributed by atoms with Crippen molar-refractivity contribution in [2.75, 3.05) is 20.6 Å². The summed E-state index contributed by atoms with van der Waals surface area (Å²) >= 11 is 0. The lowest BCUT2D eigenvalue weighted by Gasteiger charge is -2.35. The van der Waals surface area contributed by atoms with E-state index in [1.807, 2.05) is 30.7 Å². The van der Waals surface area contributed by atoms with E-state index in [4.69, 9.17) is 5.10 Å². The van der Waals surface area contributed by atoms with Crippen LogP contribution >= 0.6 is 0 Å². The molecule has 1 atom stereocenters. The van der Waals surface area contributed by atoms with Gasteiger partial charge in [0.25, 0.3) is 0 Å². The maximum atomic E-state index is 13.0. The first kappa shape index (κ1) is 20.5. The van der Waals surface area contributed by atoms with Gasteiger partial charge in [0.05, 0.1) is 17.4 Å². The number of aromatic nitrogens is 2. The summed E-state index contributed by atoms with van der Waals surface area (Å²) in [6.45, 7) is 1.64. The van der Waals surface area contributed by atoms with Gasteiger partial charge in [-0.1, -0.05) is 12.1 Å². The van der Waals surface area contributed by atoms with Crippen molar-refractivity contribution < 1.29 is 9.18 Å².